The van der Waals surface area contributed by atoms with Gasteiger partial charge in [0.1, 0.15) is 12.9 Å². The van der Waals surface area contributed by atoms with E-state index in [0.29, 0.717) is 35.8 Å². The molecule has 134 valence electrons. The Hall–Kier alpha value is -2.89. The largest absolute Gasteiger partial charge is 0.488 e. The smallest absolute Gasteiger partial charge is 0.255 e. The number of amides is 1. The number of carbonyl (C=O) groups excluding carboxylic acids is 2. The van der Waals surface area contributed by atoms with Crippen LogP contribution in [0.15, 0.2) is 30.5 Å². The molecule has 0 unspecified atom stereocenters. The Bertz CT molecular complexity index is 859. The fourth-order valence-electron chi connectivity index (χ4n) is 3.53. The van der Waals surface area contributed by atoms with Crippen molar-refractivity contribution in [3.8, 4) is 5.75 Å². The molecular formula is C20H21N3O3. The van der Waals surface area contributed by atoms with Crippen molar-refractivity contribution in [3.63, 3.8) is 0 Å². The van der Waals surface area contributed by atoms with Gasteiger partial charge >= 0.3 is 0 Å². The van der Waals surface area contributed by atoms with Crippen LogP contribution >= 0.6 is 0 Å². The number of nitrogens with zero attached hydrogens (tertiary/aromatic N) is 3. The predicted octanol–water partition coefficient (Wildman–Crippen LogP) is 2.97. The molecule has 1 amide bonds. The lowest BCUT2D eigenvalue weighted by molar-refractivity contribution is 0.0791. The Labute approximate surface area is 152 Å². The number of aromatic nitrogens is 1. The van der Waals surface area contributed by atoms with Crippen molar-refractivity contribution in [1.29, 1.82) is 0 Å². The van der Waals surface area contributed by atoms with E-state index in [9.17, 15) is 9.59 Å². The Balaban J connectivity index is 1.65. The number of hydrogen-bond acceptors (Lipinski definition) is 5. The highest BCUT2D eigenvalue weighted by Crippen LogP contribution is 2.36. The number of hydrogen-bond donors (Lipinski definition) is 0. The van der Waals surface area contributed by atoms with Crippen LogP contribution in [0.5, 0.6) is 5.75 Å². The summed E-state index contributed by atoms with van der Waals surface area (Å²) in [6.45, 7) is 4.72. The van der Waals surface area contributed by atoms with Crippen LogP contribution in [0, 0.1) is 6.92 Å². The van der Waals surface area contributed by atoms with Gasteiger partial charge in [-0.1, -0.05) is 0 Å². The lowest BCUT2D eigenvalue weighted by Gasteiger charge is -2.30. The van der Waals surface area contributed by atoms with Gasteiger partial charge in [0.15, 0.2) is 11.6 Å². The highest BCUT2D eigenvalue weighted by atomic mass is 16.5. The third kappa shape index (κ3) is 2.92. The van der Waals surface area contributed by atoms with Gasteiger partial charge in [0.2, 0.25) is 0 Å². The second-order valence-corrected chi connectivity index (χ2v) is 6.70. The minimum absolute atomic E-state index is 0.0182. The van der Waals surface area contributed by atoms with Crippen LogP contribution in [0.1, 0.15) is 39.1 Å². The fourth-order valence-corrected chi connectivity index (χ4v) is 3.53. The van der Waals surface area contributed by atoms with Gasteiger partial charge in [-0.3, -0.25) is 9.59 Å². The highest BCUT2D eigenvalue weighted by Gasteiger charge is 2.25. The van der Waals surface area contributed by atoms with Gasteiger partial charge in [-0.2, -0.15) is 0 Å². The van der Waals surface area contributed by atoms with Crippen LogP contribution < -0.4 is 9.64 Å². The number of ether oxygens (including phenoxy) is 1. The number of likely N-dealkylation sites (tertiary alicyclic amines) is 1. The zero-order valence-electron chi connectivity index (χ0n) is 14.8. The molecule has 1 aromatic carbocycles. The molecule has 2 aliphatic rings. The van der Waals surface area contributed by atoms with Crippen molar-refractivity contribution in [3.05, 3.63) is 47.2 Å². The van der Waals surface area contributed by atoms with E-state index in [1.54, 1.807) is 12.3 Å². The highest BCUT2D eigenvalue weighted by molar-refractivity contribution is 5.95. The van der Waals surface area contributed by atoms with Gasteiger partial charge in [-0.15, -0.1) is 0 Å². The molecule has 2 aromatic rings. The maximum Gasteiger partial charge on any atom is 0.255 e. The van der Waals surface area contributed by atoms with Crippen LogP contribution in [-0.2, 0) is 0 Å². The van der Waals surface area contributed by atoms with Crippen molar-refractivity contribution in [2.45, 2.75) is 19.8 Å². The number of aldehydes is 1. The van der Waals surface area contributed by atoms with Gasteiger partial charge in [0.05, 0.1) is 12.1 Å². The Morgan fingerprint density at radius 1 is 1.19 bits per heavy atom. The monoisotopic (exact) mass is 351 g/mol. The molecule has 0 aliphatic carbocycles. The molecule has 0 radical (unpaired) electrons. The lowest BCUT2D eigenvalue weighted by atomic mass is 10.1. The molecule has 0 N–H and O–H groups in total. The van der Waals surface area contributed by atoms with Gasteiger partial charge in [-0.25, -0.2) is 4.98 Å². The van der Waals surface area contributed by atoms with E-state index in [-0.39, 0.29) is 5.91 Å². The van der Waals surface area contributed by atoms with Gasteiger partial charge in [0, 0.05) is 30.5 Å². The number of benzene rings is 1. The number of aryl methyl sites for hydroxylation is 1. The Kier molecular flexibility index (Phi) is 4.32. The van der Waals surface area contributed by atoms with Gasteiger partial charge in [-0.05, 0) is 49.6 Å². The summed E-state index contributed by atoms with van der Waals surface area (Å²) in [5.74, 6) is 1.34. The first-order chi connectivity index (χ1) is 12.7. The number of rotatable bonds is 3. The van der Waals surface area contributed by atoms with Crippen LogP contribution in [0.3, 0.4) is 0 Å². The second kappa shape index (κ2) is 6.78. The first-order valence-electron chi connectivity index (χ1n) is 8.93. The van der Waals surface area contributed by atoms with Crippen LogP contribution in [-0.4, -0.2) is 48.3 Å². The van der Waals surface area contributed by atoms with Crippen molar-refractivity contribution >= 4 is 23.7 Å². The molecule has 0 saturated carbocycles. The summed E-state index contributed by atoms with van der Waals surface area (Å²) in [5, 5.41) is 0. The van der Waals surface area contributed by atoms with E-state index in [1.165, 1.54) is 0 Å². The third-order valence-electron chi connectivity index (χ3n) is 4.99. The van der Waals surface area contributed by atoms with Crippen LogP contribution in [0.25, 0.3) is 0 Å². The molecule has 1 aromatic heterocycles. The summed E-state index contributed by atoms with van der Waals surface area (Å²) in [6.07, 6.45) is 4.61. The molecule has 0 bridgehead atoms. The topological polar surface area (TPSA) is 62.7 Å². The van der Waals surface area contributed by atoms with E-state index in [0.717, 1.165) is 43.5 Å². The number of anilines is 2. The number of fused-ring (bicyclic) bond motifs is 1. The molecule has 1 fully saturated rings. The summed E-state index contributed by atoms with van der Waals surface area (Å²) in [6, 6.07) is 7.50. The zero-order chi connectivity index (χ0) is 18.1. The average Bonchev–Trinajstić information content (AvgIpc) is 3.21. The minimum atomic E-state index is 0.0182. The predicted molar refractivity (Wildman–Crippen MR) is 98.4 cm³/mol. The fraction of sp³-hybridized carbons (Fsp3) is 0.350. The van der Waals surface area contributed by atoms with E-state index >= 15 is 0 Å². The molecule has 4 rings (SSSR count). The van der Waals surface area contributed by atoms with Crippen LogP contribution in [0.2, 0.25) is 0 Å². The summed E-state index contributed by atoms with van der Waals surface area (Å²) < 4.78 is 5.77. The maximum absolute atomic E-state index is 12.6. The van der Waals surface area contributed by atoms with E-state index in [4.69, 9.17) is 4.74 Å². The summed E-state index contributed by atoms with van der Waals surface area (Å²) in [5.41, 5.74) is 3.14. The maximum atomic E-state index is 12.6. The van der Waals surface area contributed by atoms with Crippen molar-refractivity contribution in [2.24, 2.45) is 0 Å². The normalized spacial score (nSPS) is 16.2. The first-order valence-corrected chi connectivity index (χ1v) is 8.93. The third-order valence-corrected chi connectivity index (χ3v) is 4.99. The Morgan fingerprint density at radius 2 is 2.00 bits per heavy atom. The van der Waals surface area contributed by atoms with Crippen LogP contribution in [0.4, 0.5) is 11.5 Å². The molecule has 26 heavy (non-hydrogen) atoms. The summed E-state index contributed by atoms with van der Waals surface area (Å²) in [4.78, 5) is 32.1. The molecule has 2 aliphatic heterocycles. The van der Waals surface area contributed by atoms with E-state index in [1.807, 2.05) is 30.0 Å². The van der Waals surface area contributed by atoms with Gasteiger partial charge in [0.25, 0.3) is 5.91 Å². The summed E-state index contributed by atoms with van der Waals surface area (Å²) >= 11 is 0. The molecule has 0 atom stereocenters. The molecule has 6 nitrogen and oxygen atoms in total. The van der Waals surface area contributed by atoms with Gasteiger partial charge < -0.3 is 14.5 Å². The molecule has 3 heterocycles. The van der Waals surface area contributed by atoms with Crippen molar-refractivity contribution < 1.29 is 14.3 Å². The molecular weight excluding hydrogens is 330 g/mol. The molecule has 0 spiro atoms. The second-order valence-electron chi connectivity index (χ2n) is 6.70. The van der Waals surface area contributed by atoms with Crippen molar-refractivity contribution in [1.82, 2.24) is 9.88 Å². The first kappa shape index (κ1) is 16.6. The standard InChI is InChI=1S/C20H21N3O3/c1-14-10-17(5-4-15(14)13-24)23-8-9-26-18-11-16(12-21-19(18)23)20(25)22-6-2-3-7-22/h4-5,10-13H,2-3,6-9H2,1H3. The van der Waals surface area contributed by atoms with Crippen molar-refractivity contribution in [2.75, 3.05) is 31.1 Å². The number of carbonyl (C=O) groups is 2. The molecule has 6 heteroatoms. The minimum Gasteiger partial charge on any atom is -0.488 e. The van der Waals surface area contributed by atoms with E-state index in [2.05, 4.69) is 9.88 Å². The Morgan fingerprint density at radius 3 is 2.73 bits per heavy atom. The average molecular weight is 351 g/mol. The quantitative estimate of drug-likeness (QED) is 0.796. The molecule has 1 saturated heterocycles. The SMILES string of the molecule is Cc1cc(N2CCOc3cc(C(=O)N4CCCC4)cnc32)ccc1C=O. The zero-order valence-corrected chi connectivity index (χ0v) is 14.8. The summed E-state index contributed by atoms with van der Waals surface area (Å²) in [7, 11) is 0. The lowest BCUT2D eigenvalue weighted by Crippen LogP contribution is -2.31. The van der Waals surface area contributed by atoms with E-state index < -0.39 is 0 Å². The number of pyridine rings is 1.